The van der Waals surface area contributed by atoms with E-state index in [1.807, 2.05) is 4.68 Å². The second-order valence-corrected chi connectivity index (χ2v) is 9.39. The average Bonchev–Trinajstić information content (AvgIpc) is 3.06. The molecule has 1 saturated heterocycles. The van der Waals surface area contributed by atoms with E-state index in [4.69, 9.17) is 9.72 Å². The molecular weight excluding hydrogens is 421 g/mol. The number of nitrogens with zero attached hydrogens (tertiary/aromatic N) is 4. The van der Waals surface area contributed by atoms with E-state index in [0.29, 0.717) is 35.2 Å². The maximum atomic E-state index is 12.6. The zero-order valence-corrected chi connectivity index (χ0v) is 18.4. The summed E-state index contributed by atoms with van der Waals surface area (Å²) >= 11 is 0. The molecule has 1 aromatic carbocycles. The normalized spacial score (nSPS) is 28.6. The second-order valence-electron chi connectivity index (χ2n) is 9.39. The topological polar surface area (TPSA) is 52.4 Å². The highest BCUT2D eigenvalue weighted by Gasteiger charge is 2.59. The predicted octanol–water partition coefficient (Wildman–Crippen LogP) is 4.64. The van der Waals surface area contributed by atoms with Crippen LogP contribution in [0.25, 0.3) is 11.4 Å². The summed E-state index contributed by atoms with van der Waals surface area (Å²) in [4.78, 5) is 7.40. The molecule has 5 rings (SSSR count). The lowest BCUT2D eigenvalue weighted by molar-refractivity contribution is -0.274. The van der Waals surface area contributed by atoms with Gasteiger partial charge in [0.15, 0.2) is 5.82 Å². The molecule has 32 heavy (non-hydrogen) atoms. The van der Waals surface area contributed by atoms with Gasteiger partial charge in [0.2, 0.25) is 0 Å². The van der Waals surface area contributed by atoms with E-state index in [9.17, 15) is 13.2 Å². The van der Waals surface area contributed by atoms with Crippen molar-refractivity contribution in [1.29, 1.82) is 0 Å². The van der Waals surface area contributed by atoms with Gasteiger partial charge in [0.1, 0.15) is 11.6 Å². The standard InChI is InChI=1S/C23H29F3N4O2/c1-14(2)30-22(20-18-12-16(13-19(18)20)29-7-4-9-31-10-8-29)27-21(28-30)15-5-3-6-17(11-15)32-23(24,25)26/h3,5-6,11,14,16,18-20H,4,7-10,12-13H2,1-2H3. The van der Waals surface area contributed by atoms with Crippen molar-refractivity contribution in [3.8, 4) is 17.1 Å². The van der Waals surface area contributed by atoms with Gasteiger partial charge in [-0.15, -0.1) is 13.2 Å². The molecule has 2 saturated carbocycles. The molecule has 2 unspecified atom stereocenters. The molecule has 0 bridgehead atoms. The van der Waals surface area contributed by atoms with Gasteiger partial charge in [0, 0.05) is 43.3 Å². The fraction of sp³-hybridized carbons (Fsp3) is 0.652. The fourth-order valence-electron chi connectivity index (χ4n) is 5.52. The van der Waals surface area contributed by atoms with Crippen molar-refractivity contribution in [3.05, 3.63) is 30.1 Å². The van der Waals surface area contributed by atoms with E-state index in [2.05, 4.69) is 28.6 Å². The first-order chi connectivity index (χ1) is 15.3. The molecule has 0 radical (unpaired) electrons. The Morgan fingerprint density at radius 3 is 2.62 bits per heavy atom. The van der Waals surface area contributed by atoms with Crippen LogP contribution in [-0.4, -0.2) is 58.4 Å². The summed E-state index contributed by atoms with van der Waals surface area (Å²) in [5, 5.41) is 4.67. The molecule has 0 spiro atoms. The summed E-state index contributed by atoms with van der Waals surface area (Å²) in [5.74, 6) is 2.76. The highest BCUT2D eigenvalue weighted by atomic mass is 19.4. The molecule has 2 heterocycles. The number of ether oxygens (including phenoxy) is 2. The van der Waals surface area contributed by atoms with Crippen LogP contribution in [0.5, 0.6) is 5.75 Å². The van der Waals surface area contributed by atoms with Crippen LogP contribution in [0.15, 0.2) is 24.3 Å². The van der Waals surface area contributed by atoms with Gasteiger partial charge in [-0.1, -0.05) is 12.1 Å². The van der Waals surface area contributed by atoms with Gasteiger partial charge in [0.25, 0.3) is 0 Å². The van der Waals surface area contributed by atoms with Crippen LogP contribution in [-0.2, 0) is 4.74 Å². The first-order valence-corrected chi connectivity index (χ1v) is 11.4. The zero-order chi connectivity index (χ0) is 22.5. The maximum Gasteiger partial charge on any atom is 0.573 e. The van der Waals surface area contributed by atoms with Crippen molar-refractivity contribution in [2.24, 2.45) is 11.8 Å². The number of aromatic nitrogens is 3. The minimum atomic E-state index is -4.73. The molecule has 2 aromatic rings. The zero-order valence-electron chi connectivity index (χ0n) is 18.4. The predicted molar refractivity (Wildman–Crippen MR) is 112 cm³/mol. The molecule has 6 nitrogen and oxygen atoms in total. The van der Waals surface area contributed by atoms with Gasteiger partial charge < -0.3 is 9.47 Å². The average molecular weight is 451 g/mol. The Morgan fingerprint density at radius 1 is 1.12 bits per heavy atom. The van der Waals surface area contributed by atoms with Crippen LogP contribution in [0.1, 0.15) is 50.9 Å². The number of hydrogen-bond acceptors (Lipinski definition) is 5. The first-order valence-electron chi connectivity index (χ1n) is 11.4. The molecule has 2 atom stereocenters. The van der Waals surface area contributed by atoms with Gasteiger partial charge >= 0.3 is 6.36 Å². The molecule has 3 aliphatic rings. The third kappa shape index (κ3) is 4.37. The summed E-state index contributed by atoms with van der Waals surface area (Å²) in [6, 6.07) is 6.64. The summed E-state index contributed by atoms with van der Waals surface area (Å²) in [6.07, 6.45) is -1.29. The number of halogens is 3. The van der Waals surface area contributed by atoms with Crippen LogP contribution in [0.4, 0.5) is 13.2 Å². The molecule has 3 fully saturated rings. The van der Waals surface area contributed by atoms with E-state index in [1.165, 1.54) is 31.0 Å². The molecular formula is C23H29F3N4O2. The highest BCUT2D eigenvalue weighted by molar-refractivity contribution is 5.57. The quantitative estimate of drug-likeness (QED) is 0.664. The minimum Gasteiger partial charge on any atom is -0.406 e. The number of hydrogen-bond donors (Lipinski definition) is 0. The number of rotatable bonds is 5. The Hall–Kier alpha value is -2.13. The molecule has 1 aliphatic heterocycles. The molecule has 174 valence electrons. The Labute approximate surface area is 185 Å². The second kappa shape index (κ2) is 8.33. The van der Waals surface area contributed by atoms with Crippen molar-refractivity contribution in [2.75, 3.05) is 26.3 Å². The van der Waals surface area contributed by atoms with Crippen LogP contribution in [0.2, 0.25) is 0 Å². The van der Waals surface area contributed by atoms with Crippen LogP contribution in [0, 0.1) is 11.8 Å². The van der Waals surface area contributed by atoms with E-state index in [-0.39, 0.29) is 11.8 Å². The van der Waals surface area contributed by atoms with Gasteiger partial charge in [-0.3, -0.25) is 4.90 Å². The van der Waals surface area contributed by atoms with Crippen molar-refractivity contribution in [2.45, 2.75) is 57.5 Å². The Bertz CT molecular complexity index is 941. The van der Waals surface area contributed by atoms with Crippen molar-refractivity contribution >= 4 is 0 Å². The Kier molecular flexibility index (Phi) is 5.65. The highest BCUT2D eigenvalue weighted by Crippen LogP contribution is 2.63. The molecule has 0 amide bonds. The Morgan fingerprint density at radius 2 is 1.91 bits per heavy atom. The summed E-state index contributed by atoms with van der Waals surface area (Å²) < 4.78 is 49.5. The maximum absolute atomic E-state index is 12.6. The van der Waals surface area contributed by atoms with Gasteiger partial charge in [-0.2, -0.15) is 5.10 Å². The largest absolute Gasteiger partial charge is 0.573 e. The SMILES string of the molecule is CC(C)n1nc(-c2cccc(OC(F)(F)F)c2)nc1C1C2CC(N3CCCOCC3)CC21. The van der Waals surface area contributed by atoms with Crippen LogP contribution < -0.4 is 4.74 Å². The molecule has 0 N–H and O–H groups in total. The number of alkyl halides is 3. The number of fused-ring (bicyclic) bond motifs is 1. The van der Waals surface area contributed by atoms with Crippen LogP contribution >= 0.6 is 0 Å². The smallest absolute Gasteiger partial charge is 0.406 e. The lowest BCUT2D eigenvalue weighted by Crippen LogP contribution is -2.36. The van der Waals surface area contributed by atoms with Gasteiger partial charge in [-0.25, -0.2) is 9.67 Å². The van der Waals surface area contributed by atoms with E-state index in [1.54, 1.807) is 6.07 Å². The lowest BCUT2D eigenvalue weighted by Gasteiger charge is -2.28. The summed E-state index contributed by atoms with van der Waals surface area (Å²) in [7, 11) is 0. The number of benzene rings is 1. The summed E-state index contributed by atoms with van der Waals surface area (Å²) in [5.41, 5.74) is 0.528. The van der Waals surface area contributed by atoms with E-state index < -0.39 is 6.36 Å². The molecule has 9 heteroatoms. The lowest BCUT2D eigenvalue weighted by atomic mass is 10.0. The van der Waals surface area contributed by atoms with Crippen LogP contribution in [0.3, 0.4) is 0 Å². The van der Waals surface area contributed by atoms with Gasteiger partial charge in [0.05, 0.1) is 6.61 Å². The molecule has 2 aliphatic carbocycles. The third-order valence-electron chi connectivity index (χ3n) is 6.96. The Balaban J connectivity index is 1.33. The third-order valence-corrected chi connectivity index (χ3v) is 6.96. The van der Waals surface area contributed by atoms with Crippen molar-refractivity contribution < 1.29 is 22.6 Å². The summed E-state index contributed by atoms with van der Waals surface area (Å²) in [6.45, 7) is 7.91. The van der Waals surface area contributed by atoms with E-state index >= 15 is 0 Å². The van der Waals surface area contributed by atoms with Gasteiger partial charge in [-0.05, 0) is 57.1 Å². The first kappa shape index (κ1) is 21.7. The fourth-order valence-corrected chi connectivity index (χ4v) is 5.52. The van der Waals surface area contributed by atoms with Crippen molar-refractivity contribution in [1.82, 2.24) is 19.7 Å². The van der Waals surface area contributed by atoms with E-state index in [0.717, 1.165) is 38.5 Å². The van der Waals surface area contributed by atoms with Crippen molar-refractivity contribution in [3.63, 3.8) is 0 Å². The minimum absolute atomic E-state index is 0.126. The molecule has 1 aromatic heterocycles. The monoisotopic (exact) mass is 450 g/mol.